The van der Waals surface area contributed by atoms with Crippen LogP contribution in [0.3, 0.4) is 0 Å². The van der Waals surface area contributed by atoms with E-state index in [1.807, 2.05) is 16.7 Å². The number of fused-ring (bicyclic) bond motifs is 1. The molecule has 1 aromatic heterocycles. The number of piperazine rings is 1. The molecule has 4 rings (SSSR count). The highest BCUT2D eigenvalue weighted by Crippen LogP contribution is 2.28. The zero-order chi connectivity index (χ0) is 23.5. The second kappa shape index (κ2) is 10.5. The third kappa shape index (κ3) is 5.42. The predicted molar refractivity (Wildman–Crippen MR) is 137 cm³/mol. The van der Waals surface area contributed by atoms with Crippen LogP contribution in [-0.2, 0) is 6.54 Å². The quantitative estimate of drug-likeness (QED) is 0.668. The second-order valence-corrected chi connectivity index (χ2v) is 10.2. The van der Waals surface area contributed by atoms with Gasteiger partial charge in [-0.25, -0.2) is 4.98 Å². The largest absolute Gasteiger partial charge is 0.382 e. The number of benzene rings is 1. The predicted octanol–water partition coefficient (Wildman–Crippen LogP) is 3.45. The number of hydrogen-bond acceptors (Lipinski definition) is 6. The third-order valence-corrected chi connectivity index (χ3v) is 7.28. The standard InChI is InChI=1S/C26H42N6O/c1-6-8-24(31-16-18(3)27-19(4)17-31)25-29-23-10-9-21(15-22(23)26(33)32(25)7-2)28-20-11-13-30(5)14-12-20/h9-10,15,18-20,24,27-28H,6-8,11-14,16-17H2,1-5H3/t18-,19+,24?. The SMILES string of the molecule is CCCC(c1nc2ccc(NC3CCN(C)CC3)cc2c(=O)n1CC)N1C[C@@H](C)N[C@@H](C)C1. The minimum atomic E-state index is 0.0851. The van der Waals surface area contributed by atoms with Gasteiger partial charge in [0.05, 0.1) is 16.9 Å². The molecule has 0 bridgehead atoms. The fourth-order valence-electron chi connectivity index (χ4n) is 5.65. The minimum absolute atomic E-state index is 0.0851. The summed E-state index contributed by atoms with van der Waals surface area (Å²) in [6.07, 6.45) is 4.33. The molecule has 0 radical (unpaired) electrons. The Bertz CT molecular complexity index is 986. The van der Waals surface area contributed by atoms with Crippen LogP contribution in [0, 0.1) is 0 Å². The normalized spacial score (nSPS) is 24.3. The van der Waals surface area contributed by atoms with Gasteiger partial charge in [-0.1, -0.05) is 13.3 Å². The molecule has 1 aromatic carbocycles. The van der Waals surface area contributed by atoms with E-state index in [0.29, 0.717) is 24.7 Å². The Morgan fingerprint density at radius 1 is 1.15 bits per heavy atom. The molecule has 182 valence electrons. The van der Waals surface area contributed by atoms with E-state index in [4.69, 9.17) is 4.98 Å². The number of hydrogen-bond donors (Lipinski definition) is 2. The van der Waals surface area contributed by atoms with Crippen LogP contribution >= 0.6 is 0 Å². The molecule has 0 spiro atoms. The molecule has 0 amide bonds. The summed E-state index contributed by atoms with van der Waals surface area (Å²) in [4.78, 5) is 23.7. The van der Waals surface area contributed by atoms with Crippen molar-refractivity contribution in [2.75, 3.05) is 38.5 Å². The summed E-state index contributed by atoms with van der Waals surface area (Å²) in [7, 11) is 2.18. The van der Waals surface area contributed by atoms with Crippen molar-refractivity contribution in [3.8, 4) is 0 Å². The summed E-state index contributed by atoms with van der Waals surface area (Å²) in [5.74, 6) is 0.925. The summed E-state index contributed by atoms with van der Waals surface area (Å²) in [5.41, 5.74) is 1.93. The van der Waals surface area contributed by atoms with Crippen LogP contribution in [0.15, 0.2) is 23.0 Å². The maximum absolute atomic E-state index is 13.6. The molecule has 33 heavy (non-hydrogen) atoms. The Morgan fingerprint density at radius 3 is 2.48 bits per heavy atom. The first kappa shape index (κ1) is 24.2. The topological polar surface area (TPSA) is 65.4 Å². The van der Waals surface area contributed by atoms with E-state index in [1.165, 1.54) is 0 Å². The van der Waals surface area contributed by atoms with Crippen molar-refractivity contribution in [2.24, 2.45) is 0 Å². The smallest absolute Gasteiger partial charge is 0.261 e. The van der Waals surface area contributed by atoms with E-state index in [-0.39, 0.29) is 11.6 Å². The maximum Gasteiger partial charge on any atom is 0.261 e. The fourth-order valence-corrected chi connectivity index (χ4v) is 5.65. The number of aromatic nitrogens is 2. The van der Waals surface area contributed by atoms with E-state index < -0.39 is 0 Å². The van der Waals surface area contributed by atoms with Crippen molar-refractivity contribution in [3.63, 3.8) is 0 Å². The lowest BCUT2D eigenvalue weighted by Gasteiger charge is -2.41. The van der Waals surface area contributed by atoms with Crippen molar-refractivity contribution in [1.82, 2.24) is 24.7 Å². The van der Waals surface area contributed by atoms with Gasteiger partial charge in [-0.15, -0.1) is 0 Å². The molecule has 2 aromatic rings. The number of anilines is 1. The zero-order valence-corrected chi connectivity index (χ0v) is 21.1. The molecule has 1 unspecified atom stereocenters. The zero-order valence-electron chi connectivity index (χ0n) is 21.1. The average molecular weight is 455 g/mol. The van der Waals surface area contributed by atoms with E-state index in [0.717, 1.165) is 74.3 Å². The molecule has 2 fully saturated rings. The lowest BCUT2D eigenvalue weighted by molar-refractivity contribution is 0.109. The first-order valence-electron chi connectivity index (χ1n) is 12.9. The molecule has 3 atom stereocenters. The molecule has 0 aliphatic carbocycles. The number of piperidine rings is 1. The van der Waals surface area contributed by atoms with Gasteiger partial charge in [-0.3, -0.25) is 14.3 Å². The van der Waals surface area contributed by atoms with Crippen LogP contribution in [0.4, 0.5) is 5.69 Å². The van der Waals surface area contributed by atoms with E-state index in [1.54, 1.807) is 0 Å². The van der Waals surface area contributed by atoms with Crippen LogP contribution in [0.1, 0.15) is 65.2 Å². The van der Waals surface area contributed by atoms with Gasteiger partial charge in [0.2, 0.25) is 0 Å². The Labute approximate surface area is 198 Å². The molecule has 2 N–H and O–H groups in total. The molecular formula is C26H42N6O. The van der Waals surface area contributed by atoms with Crippen molar-refractivity contribution in [3.05, 3.63) is 34.4 Å². The van der Waals surface area contributed by atoms with Gasteiger partial charge in [-0.05, 0) is 78.4 Å². The summed E-state index contributed by atoms with van der Waals surface area (Å²) in [6, 6.07) is 7.64. The van der Waals surface area contributed by atoms with Gasteiger partial charge in [0.15, 0.2) is 0 Å². The fraction of sp³-hybridized carbons (Fsp3) is 0.692. The number of rotatable bonds is 7. The van der Waals surface area contributed by atoms with E-state index >= 15 is 0 Å². The van der Waals surface area contributed by atoms with Crippen LogP contribution < -0.4 is 16.2 Å². The summed E-state index contributed by atoms with van der Waals surface area (Å²) < 4.78 is 1.92. The molecule has 2 aliphatic rings. The summed E-state index contributed by atoms with van der Waals surface area (Å²) in [5, 5.41) is 8.01. The highest BCUT2D eigenvalue weighted by molar-refractivity contribution is 5.81. The molecule has 7 nitrogen and oxygen atoms in total. The highest BCUT2D eigenvalue weighted by atomic mass is 16.1. The van der Waals surface area contributed by atoms with Crippen molar-refractivity contribution < 1.29 is 0 Å². The van der Waals surface area contributed by atoms with Gasteiger partial charge < -0.3 is 15.5 Å². The third-order valence-electron chi connectivity index (χ3n) is 7.28. The Morgan fingerprint density at radius 2 is 1.85 bits per heavy atom. The van der Waals surface area contributed by atoms with Crippen molar-refractivity contribution in [2.45, 2.75) is 84.1 Å². The lowest BCUT2D eigenvalue weighted by Crippen LogP contribution is -2.55. The first-order valence-corrected chi connectivity index (χ1v) is 12.9. The minimum Gasteiger partial charge on any atom is -0.382 e. The Kier molecular flexibility index (Phi) is 7.72. The molecule has 3 heterocycles. The van der Waals surface area contributed by atoms with Crippen LogP contribution in [0.2, 0.25) is 0 Å². The molecule has 2 aliphatic heterocycles. The van der Waals surface area contributed by atoms with Crippen LogP contribution in [-0.4, -0.2) is 70.7 Å². The molecular weight excluding hydrogens is 412 g/mol. The molecule has 0 saturated carbocycles. The Hall–Kier alpha value is -1.96. The van der Waals surface area contributed by atoms with Crippen LogP contribution in [0.5, 0.6) is 0 Å². The van der Waals surface area contributed by atoms with Crippen LogP contribution in [0.25, 0.3) is 10.9 Å². The van der Waals surface area contributed by atoms with Gasteiger partial charge in [0, 0.05) is 43.4 Å². The van der Waals surface area contributed by atoms with Gasteiger partial charge >= 0.3 is 0 Å². The van der Waals surface area contributed by atoms with Gasteiger partial charge in [-0.2, -0.15) is 0 Å². The number of likely N-dealkylation sites (tertiary alicyclic amines) is 1. The maximum atomic E-state index is 13.6. The van der Waals surface area contributed by atoms with Gasteiger partial charge in [0.25, 0.3) is 5.56 Å². The summed E-state index contributed by atoms with van der Waals surface area (Å²) in [6.45, 7) is 13.6. The van der Waals surface area contributed by atoms with E-state index in [9.17, 15) is 4.79 Å². The highest BCUT2D eigenvalue weighted by Gasteiger charge is 2.30. The monoisotopic (exact) mass is 454 g/mol. The molecule has 7 heteroatoms. The first-order chi connectivity index (χ1) is 15.9. The van der Waals surface area contributed by atoms with E-state index in [2.05, 4.69) is 61.2 Å². The average Bonchev–Trinajstić information content (AvgIpc) is 2.78. The number of nitrogens with zero attached hydrogens (tertiary/aromatic N) is 4. The lowest BCUT2D eigenvalue weighted by atomic mass is 10.0. The number of nitrogens with one attached hydrogen (secondary N) is 2. The second-order valence-electron chi connectivity index (χ2n) is 10.2. The van der Waals surface area contributed by atoms with Gasteiger partial charge in [0.1, 0.15) is 5.82 Å². The van der Waals surface area contributed by atoms with Crippen molar-refractivity contribution >= 4 is 16.6 Å². The Balaban J connectivity index is 1.67. The van der Waals surface area contributed by atoms with Crippen molar-refractivity contribution in [1.29, 1.82) is 0 Å². The molecule has 2 saturated heterocycles. The summed E-state index contributed by atoms with van der Waals surface area (Å²) >= 11 is 0.